The second-order valence-electron chi connectivity index (χ2n) is 6.26. The van der Waals surface area contributed by atoms with Gasteiger partial charge in [0.1, 0.15) is 17.1 Å². The number of carbonyl (C=O) groups excluding carboxylic acids is 1. The molecule has 6 nitrogen and oxygen atoms in total. The normalized spacial score (nSPS) is 11.1. The van der Waals surface area contributed by atoms with Crippen molar-refractivity contribution >= 4 is 33.3 Å². The van der Waals surface area contributed by atoms with E-state index in [1.807, 2.05) is 6.07 Å². The van der Waals surface area contributed by atoms with Crippen LogP contribution in [0.4, 0.5) is 13.9 Å². The first kappa shape index (κ1) is 19.8. The molecule has 0 bridgehead atoms. The van der Waals surface area contributed by atoms with Crippen LogP contribution in [0.25, 0.3) is 22.2 Å². The number of benzene rings is 2. The molecule has 0 saturated heterocycles. The number of rotatable bonds is 7. The van der Waals surface area contributed by atoms with E-state index in [0.29, 0.717) is 27.7 Å². The highest BCUT2D eigenvalue weighted by Gasteiger charge is 2.16. The third-order valence-corrected chi connectivity index (χ3v) is 5.10. The average Bonchev–Trinajstić information content (AvgIpc) is 3.34. The lowest BCUT2D eigenvalue weighted by molar-refractivity contribution is -0.115. The molecule has 0 aliphatic rings. The molecule has 0 spiro atoms. The SMILES string of the molecule is COc1ccc2c(CC(=O)Nc3nc(-c4ccccc4OC(F)F)cs3)coc2c1. The summed E-state index contributed by atoms with van der Waals surface area (Å²) in [6.07, 6.45) is 1.63. The van der Waals surface area contributed by atoms with E-state index >= 15 is 0 Å². The van der Waals surface area contributed by atoms with Gasteiger partial charge in [0.25, 0.3) is 0 Å². The number of methoxy groups -OCH3 is 1. The zero-order chi connectivity index (χ0) is 21.1. The van der Waals surface area contributed by atoms with Crippen LogP contribution in [0.15, 0.2) is 58.5 Å². The number of alkyl halides is 2. The first-order chi connectivity index (χ1) is 14.5. The fourth-order valence-electron chi connectivity index (χ4n) is 3.00. The van der Waals surface area contributed by atoms with E-state index in [1.54, 1.807) is 42.8 Å². The highest BCUT2D eigenvalue weighted by Crippen LogP contribution is 2.33. The summed E-state index contributed by atoms with van der Waals surface area (Å²) in [5, 5.41) is 5.58. The summed E-state index contributed by atoms with van der Waals surface area (Å²) in [6, 6.07) is 11.8. The van der Waals surface area contributed by atoms with Crippen LogP contribution in [0.2, 0.25) is 0 Å². The van der Waals surface area contributed by atoms with Crippen molar-refractivity contribution in [2.45, 2.75) is 13.0 Å². The molecular formula is C21H16F2N2O4S. The van der Waals surface area contributed by atoms with E-state index in [1.165, 1.54) is 23.7 Å². The Kier molecular flexibility index (Phi) is 5.62. The monoisotopic (exact) mass is 430 g/mol. The lowest BCUT2D eigenvalue weighted by Gasteiger charge is -2.08. The van der Waals surface area contributed by atoms with Gasteiger partial charge in [-0.15, -0.1) is 11.3 Å². The predicted octanol–water partition coefficient (Wildman–Crippen LogP) is 5.35. The summed E-state index contributed by atoms with van der Waals surface area (Å²) < 4.78 is 40.4. The molecule has 0 radical (unpaired) electrons. The molecule has 0 saturated carbocycles. The van der Waals surface area contributed by atoms with Crippen molar-refractivity contribution < 1.29 is 27.5 Å². The Labute approximate surface area is 174 Å². The smallest absolute Gasteiger partial charge is 0.387 e. The van der Waals surface area contributed by atoms with Gasteiger partial charge < -0.3 is 19.2 Å². The van der Waals surface area contributed by atoms with E-state index in [0.717, 1.165) is 10.9 Å². The number of hydrogen-bond acceptors (Lipinski definition) is 6. The molecular weight excluding hydrogens is 414 g/mol. The molecule has 2 aromatic carbocycles. The molecule has 1 amide bonds. The van der Waals surface area contributed by atoms with Gasteiger partial charge in [-0.1, -0.05) is 12.1 Å². The van der Waals surface area contributed by atoms with Crippen molar-refractivity contribution in [3.63, 3.8) is 0 Å². The van der Waals surface area contributed by atoms with E-state index in [2.05, 4.69) is 15.0 Å². The molecule has 0 unspecified atom stereocenters. The van der Waals surface area contributed by atoms with Crippen LogP contribution in [0, 0.1) is 0 Å². The number of nitrogens with zero attached hydrogens (tertiary/aromatic N) is 1. The number of nitrogens with one attached hydrogen (secondary N) is 1. The van der Waals surface area contributed by atoms with Crippen molar-refractivity contribution in [3.8, 4) is 22.8 Å². The van der Waals surface area contributed by atoms with Gasteiger partial charge in [0.2, 0.25) is 5.91 Å². The number of thiazole rings is 1. The largest absolute Gasteiger partial charge is 0.497 e. The minimum atomic E-state index is -2.94. The molecule has 0 atom stereocenters. The maximum Gasteiger partial charge on any atom is 0.387 e. The van der Waals surface area contributed by atoms with Gasteiger partial charge in [-0.3, -0.25) is 4.79 Å². The van der Waals surface area contributed by atoms with E-state index in [4.69, 9.17) is 9.15 Å². The van der Waals surface area contributed by atoms with Gasteiger partial charge in [0.05, 0.1) is 25.5 Å². The first-order valence-electron chi connectivity index (χ1n) is 8.87. The maximum absolute atomic E-state index is 12.6. The van der Waals surface area contributed by atoms with Gasteiger partial charge in [0.15, 0.2) is 5.13 Å². The van der Waals surface area contributed by atoms with Gasteiger partial charge in [-0.2, -0.15) is 8.78 Å². The number of ether oxygens (including phenoxy) is 2. The number of para-hydroxylation sites is 1. The number of fused-ring (bicyclic) bond motifs is 1. The number of hydrogen-bond donors (Lipinski definition) is 1. The number of amides is 1. The summed E-state index contributed by atoms with van der Waals surface area (Å²) in [5.41, 5.74) is 2.22. The van der Waals surface area contributed by atoms with Crippen LogP contribution in [0.1, 0.15) is 5.56 Å². The number of furan rings is 1. The molecule has 0 aliphatic heterocycles. The molecule has 30 heavy (non-hydrogen) atoms. The zero-order valence-corrected chi connectivity index (χ0v) is 16.5. The van der Waals surface area contributed by atoms with Crippen LogP contribution < -0.4 is 14.8 Å². The van der Waals surface area contributed by atoms with E-state index in [-0.39, 0.29) is 18.1 Å². The molecule has 4 rings (SSSR count). The minimum Gasteiger partial charge on any atom is -0.497 e. The summed E-state index contributed by atoms with van der Waals surface area (Å²) in [5.74, 6) is 0.418. The van der Waals surface area contributed by atoms with Crippen molar-refractivity contribution in [1.29, 1.82) is 0 Å². The summed E-state index contributed by atoms with van der Waals surface area (Å²) in [6.45, 7) is -2.94. The summed E-state index contributed by atoms with van der Waals surface area (Å²) >= 11 is 1.20. The van der Waals surface area contributed by atoms with Crippen molar-refractivity contribution in [1.82, 2.24) is 4.98 Å². The topological polar surface area (TPSA) is 73.6 Å². The number of halogens is 2. The fourth-order valence-corrected chi connectivity index (χ4v) is 3.72. The maximum atomic E-state index is 12.6. The van der Waals surface area contributed by atoms with Gasteiger partial charge in [-0.05, 0) is 24.3 Å². The summed E-state index contributed by atoms with van der Waals surface area (Å²) in [7, 11) is 1.57. The Bertz CT molecular complexity index is 1190. The Balaban J connectivity index is 1.48. The quantitative estimate of drug-likeness (QED) is 0.428. The fraction of sp³-hybridized carbons (Fsp3) is 0.143. The third-order valence-electron chi connectivity index (χ3n) is 4.34. The predicted molar refractivity (Wildman–Crippen MR) is 109 cm³/mol. The highest BCUT2D eigenvalue weighted by atomic mass is 32.1. The van der Waals surface area contributed by atoms with Crippen LogP contribution >= 0.6 is 11.3 Å². The van der Waals surface area contributed by atoms with Crippen LogP contribution in [0.5, 0.6) is 11.5 Å². The molecule has 9 heteroatoms. The molecule has 154 valence electrons. The second kappa shape index (κ2) is 8.50. The number of anilines is 1. The third kappa shape index (κ3) is 4.25. The lowest BCUT2D eigenvalue weighted by atomic mass is 10.1. The van der Waals surface area contributed by atoms with E-state index < -0.39 is 6.61 Å². The molecule has 1 N–H and O–H groups in total. The Hall–Kier alpha value is -3.46. The van der Waals surface area contributed by atoms with Crippen molar-refractivity contribution in [2.24, 2.45) is 0 Å². The lowest BCUT2D eigenvalue weighted by Crippen LogP contribution is -2.14. The second-order valence-corrected chi connectivity index (χ2v) is 7.12. The minimum absolute atomic E-state index is 0.0240. The molecule has 0 aliphatic carbocycles. The van der Waals surface area contributed by atoms with Gasteiger partial charge in [-0.25, -0.2) is 4.98 Å². The van der Waals surface area contributed by atoms with E-state index in [9.17, 15) is 13.6 Å². The van der Waals surface area contributed by atoms with Crippen LogP contribution in [0.3, 0.4) is 0 Å². The van der Waals surface area contributed by atoms with Gasteiger partial charge in [0, 0.05) is 28.0 Å². The van der Waals surface area contributed by atoms with Crippen molar-refractivity contribution in [2.75, 3.05) is 12.4 Å². The van der Waals surface area contributed by atoms with Crippen LogP contribution in [-0.2, 0) is 11.2 Å². The number of aromatic nitrogens is 1. The first-order valence-corrected chi connectivity index (χ1v) is 9.75. The standard InChI is InChI=1S/C21H16F2N2O4S/c1-27-13-6-7-14-12(10-28-18(14)9-13)8-19(26)25-21-24-16(11-30-21)15-4-2-3-5-17(15)29-20(22)23/h2-7,9-11,20H,8H2,1H3,(H,24,25,26). The Morgan fingerprint density at radius 2 is 2.10 bits per heavy atom. The molecule has 0 fully saturated rings. The molecule has 4 aromatic rings. The highest BCUT2D eigenvalue weighted by molar-refractivity contribution is 7.14. The summed E-state index contributed by atoms with van der Waals surface area (Å²) in [4.78, 5) is 16.8. The molecule has 2 aromatic heterocycles. The zero-order valence-electron chi connectivity index (χ0n) is 15.7. The van der Waals surface area contributed by atoms with Crippen molar-refractivity contribution in [3.05, 3.63) is 59.7 Å². The average molecular weight is 430 g/mol. The van der Waals surface area contributed by atoms with Gasteiger partial charge >= 0.3 is 6.61 Å². The Morgan fingerprint density at radius 3 is 2.90 bits per heavy atom. The van der Waals surface area contributed by atoms with Crippen LogP contribution in [-0.4, -0.2) is 24.6 Å². The number of carbonyl (C=O) groups is 1. The Morgan fingerprint density at radius 1 is 1.27 bits per heavy atom. The molecule has 2 heterocycles.